The molecule has 2 fully saturated rings. The Balaban J connectivity index is 1.39. The van der Waals surface area contributed by atoms with Gasteiger partial charge in [0.25, 0.3) is 5.91 Å². The molecule has 2 amide bonds. The fourth-order valence-corrected chi connectivity index (χ4v) is 4.38. The van der Waals surface area contributed by atoms with Gasteiger partial charge in [-0.25, -0.2) is 0 Å². The molecule has 8 heteroatoms. The summed E-state index contributed by atoms with van der Waals surface area (Å²) < 4.78 is 1.77. The summed E-state index contributed by atoms with van der Waals surface area (Å²) in [4.78, 5) is 31.9. The number of piperidine rings is 1. The van der Waals surface area contributed by atoms with Crippen LogP contribution in [0.15, 0.2) is 30.3 Å². The molecule has 2 aliphatic heterocycles. The van der Waals surface area contributed by atoms with Crippen molar-refractivity contribution < 1.29 is 9.59 Å². The van der Waals surface area contributed by atoms with E-state index in [2.05, 4.69) is 16.1 Å². The van der Waals surface area contributed by atoms with E-state index in [1.54, 1.807) is 28.9 Å². The molecular formula is C22H26N6O2. The lowest BCUT2D eigenvalue weighted by Gasteiger charge is -2.42. The van der Waals surface area contributed by atoms with Crippen LogP contribution in [0, 0.1) is 18.3 Å². The first kappa shape index (κ1) is 20.1. The van der Waals surface area contributed by atoms with Gasteiger partial charge >= 0.3 is 0 Å². The largest absolute Gasteiger partial charge is 0.336 e. The van der Waals surface area contributed by atoms with Crippen molar-refractivity contribution in [2.45, 2.75) is 25.8 Å². The highest BCUT2D eigenvalue weighted by Crippen LogP contribution is 2.25. The first-order valence-electron chi connectivity index (χ1n) is 10.3. The van der Waals surface area contributed by atoms with E-state index >= 15 is 0 Å². The Bertz CT molecular complexity index is 982. The number of amides is 2. The molecule has 4 rings (SSSR count). The highest BCUT2D eigenvalue weighted by atomic mass is 16.2. The molecule has 3 heterocycles. The predicted octanol–water partition coefficient (Wildman–Crippen LogP) is 1.55. The summed E-state index contributed by atoms with van der Waals surface area (Å²) in [5.41, 5.74) is 2.03. The Labute approximate surface area is 176 Å². The Kier molecular flexibility index (Phi) is 5.55. The van der Waals surface area contributed by atoms with Crippen LogP contribution in [0.25, 0.3) is 0 Å². The molecule has 8 nitrogen and oxygen atoms in total. The maximum absolute atomic E-state index is 13.2. The molecule has 0 radical (unpaired) electrons. The molecule has 2 aliphatic rings. The molecule has 0 N–H and O–H groups in total. The normalized spacial score (nSPS) is 20.3. The summed E-state index contributed by atoms with van der Waals surface area (Å²) in [6.45, 7) is 5.18. The molecule has 30 heavy (non-hydrogen) atoms. The van der Waals surface area contributed by atoms with Gasteiger partial charge in [0.05, 0.1) is 23.4 Å². The maximum Gasteiger partial charge on any atom is 0.253 e. The predicted molar refractivity (Wildman–Crippen MR) is 112 cm³/mol. The van der Waals surface area contributed by atoms with Gasteiger partial charge in [0, 0.05) is 51.4 Å². The van der Waals surface area contributed by atoms with Crippen LogP contribution in [0.5, 0.6) is 0 Å². The average Bonchev–Trinajstić information content (AvgIpc) is 3.11. The highest BCUT2D eigenvalue weighted by molar-refractivity contribution is 5.97. The molecule has 1 aromatic heterocycles. The van der Waals surface area contributed by atoms with Crippen LogP contribution in [0.2, 0.25) is 0 Å². The van der Waals surface area contributed by atoms with E-state index < -0.39 is 0 Å². The van der Waals surface area contributed by atoms with Crippen molar-refractivity contribution in [3.8, 4) is 6.07 Å². The zero-order chi connectivity index (χ0) is 21.3. The molecule has 1 unspecified atom stereocenters. The highest BCUT2D eigenvalue weighted by Gasteiger charge is 2.37. The minimum atomic E-state index is -0.152. The van der Waals surface area contributed by atoms with Gasteiger partial charge in [-0.05, 0) is 44.0 Å². The molecule has 156 valence electrons. The standard InChI is InChI=1S/C22H26N6O2/c1-16-14-20(25(2)24-16)28-9-3-4-19(22(28)30)26-10-12-27(13-11-26)21(29)18-7-5-17(15-23)6-8-18/h5-8,14,19H,3-4,9-13H2,1-2H3. The Morgan fingerprint density at radius 1 is 1.13 bits per heavy atom. The minimum absolute atomic E-state index is 0.0268. The first-order valence-corrected chi connectivity index (χ1v) is 10.3. The lowest BCUT2D eigenvalue weighted by Crippen LogP contribution is -2.58. The summed E-state index contributed by atoms with van der Waals surface area (Å²) in [6, 6.07) is 10.6. The number of anilines is 1. The van der Waals surface area contributed by atoms with Gasteiger partial charge in [0.1, 0.15) is 5.82 Å². The van der Waals surface area contributed by atoms with Crippen LogP contribution in [0.1, 0.15) is 34.5 Å². The molecule has 0 saturated carbocycles. The van der Waals surface area contributed by atoms with Crippen molar-refractivity contribution >= 4 is 17.6 Å². The van der Waals surface area contributed by atoms with E-state index in [9.17, 15) is 9.59 Å². The van der Waals surface area contributed by atoms with Crippen LogP contribution < -0.4 is 4.90 Å². The number of nitrogens with zero attached hydrogens (tertiary/aromatic N) is 6. The third-order valence-corrected chi connectivity index (χ3v) is 5.97. The number of piperazine rings is 1. The van der Waals surface area contributed by atoms with Gasteiger partial charge in [-0.2, -0.15) is 10.4 Å². The number of rotatable bonds is 3. The van der Waals surface area contributed by atoms with Gasteiger partial charge in [0.15, 0.2) is 0 Å². The number of nitriles is 1. The van der Waals surface area contributed by atoms with Crippen LogP contribution in [0.4, 0.5) is 5.82 Å². The summed E-state index contributed by atoms with van der Waals surface area (Å²) in [5.74, 6) is 0.939. The number of carbonyl (C=O) groups excluding carboxylic acids is 2. The lowest BCUT2D eigenvalue weighted by molar-refractivity contribution is -0.126. The third-order valence-electron chi connectivity index (χ3n) is 5.97. The maximum atomic E-state index is 13.2. The minimum Gasteiger partial charge on any atom is -0.336 e. The topological polar surface area (TPSA) is 85.5 Å². The van der Waals surface area contributed by atoms with Crippen molar-refractivity contribution in [2.75, 3.05) is 37.6 Å². The molecule has 1 atom stereocenters. The van der Waals surface area contributed by atoms with Gasteiger partial charge in [-0.1, -0.05) is 0 Å². The summed E-state index contributed by atoms with van der Waals surface area (Å²) in [5, 5.41) is 13.3. The zero-order valence-corrected chi connectivity index (χ0v) is 17.4. The van der Waals surface area contributed by atoms with Crippen molar-refractivity contribution in [3.05, 3.63) is 47.2 Å². The van der Waals surface area contributed by atoms with Crippen LogP contribution in [-0.4, -0.2) is 70.2 Å². The van der Waals surface area contributed by atoms with E-state index in [4.69, 9.17) is 5.26 Å². The quantitative estimate of drug-likeness (QED) is 0.772. The fourth-order valence-electron chi connectivity index (χ4n) is 4.38. The number of benzene rings is 1. The second kappa shape index (κ2) is 8.28. The molecule has 2 saturated heterocycles. The van der Waals surface area contributed by atoms with Crippen LogP contribution in [0.3, 0.4) is 0 Å². The molecule has 1 aromatic carbocycles. The van der Waals surface area contributed by atoms with E-state index in [1.165, 1.54) is 0 Å². The van der Waals surface area contributed by atoms with E-state index in [0.29, 0.717) is 43.9 Å². The molecular weight excluding hydrogens is 380 g/mol. The van der Waals surface area contributed by atoms with E-state index in [0.717, 1.165) is 24.4 Å². The Hall–Kier alpha value is -3.18. The smallest absolute Gasteiger partial charge is 0.253 e. The Morgan fingerprint density at radius 2 is 1.83 bits per heavy atom. The molecule has 0 aliphatic carbocycles. The lowest BCUT2D eigenvalue weighted by atomic mass is 10.0. The molecule has 0 bridgehead atoms. The van der Waals surface area contributed by atoms with Crippen molar-refractivity contribution in [1.29, 1.82) is 5.26 Å². The van der Waals surface area contributed by atoms with Crippen molar-refractivity contribution in [2.24, 2.45) is 7.05 Å². The molecule has 2 aromatic rings. The van der Waals surface area contributed by atoms with Gasteiger partial charge in [0.2, 0.25) is 5.91 Å². The number of hydrogen-bond donors (Lipinski definition) is 0. The number of aromatic nitrogens is 2. The SMILES string of the molecule is Cc1cc(N2CCCC(N3CCN(C(=O)c4ccc(C#N)cc4)CC3)C2=O)n(C)n1. The van der Waals surface area contributed by atoms with Crippen molar-refractivity contribution in [3.63, 3.8) is 0 Å². The van der Waals surface area contributed by atoms with Crippen LogP contribution >= 0.6 is 0 Å². The second-order valence-corrected chi connectivity index (χ2v) is 7.93. The number of aryl methyl sites for hydroxylation is 2. The number of hydrogen-bond acceptors (Lipinski definition) is 5. The second-order valence-electron chi connectivity index (χ2n) is 7.93. The number of carbonyl (C=O) groups is 2. The zero-order valence-electron chi connectivity index (χ0n) is 17.4. The first-order chi connectivity index (χ1) is 14.5. The van der Waals surface area contributed by atoms with E-state index in [-0.39, 0.29) is 17.9 Å². The molecule has 0 spiro atoms. The Morgan fingerprint density at radius 3 is 2.43 bits per heavy atom. The third kappa shape index (κ3) is 3.81. The monoisotopic (exact) mass is 406 g/mol. The van der Waals surface area contributed by atoms with Crippen LogP contribution in [-0.2, 0) is 11.8 Å². The van der Waals surface area contributed by atoms with Gasteiger partial charge < -0.3 is 4.90 Å². The average molecular weight is 406 g/mol. The fraction of sp³-hybridized carbons (Fsp3) is 0.455. The van der Waals surface area contributed by atoms with Gasteiger partial charge in [-0.15, -0.1) is 0 Å². The van der Waals surface area contributed by atoms with Crippen molar-refractivity contribution in [1.82, 2.24) is 19.6 Å². The van der Waals surface area contributed by atoms with E-state index in [1.807, 2.05) is 29.8 Å². The van der Waals surface area contributed by atoms with Gasteiger partial charge in [-0.3, -0.25) is 24.1 Å². The summed E-state index contributed by atoms with van der Waals surface area (Å²) in [6.07, 6.45) is 1.79. The summed E-state index contributed by atoms with van der Waals surface area (Å²) in [7, 11) is 1.87. The summed E-state index contributed by atoms with van der Waals surface area (Å²) >= 11 is 0.